The summed E-state index contributed by atoms with van der Waals surface area (Å²) in [6.45, 7) is 0.0527. The fourth-order valence-electron chi connectivity index (χ4n) is 2.45. The van der Waals surface area contributed by atoms with E-state index in [9.17, 15) is 9.90 Å². The molecule has 0 atom stereocenters. The second-order valence-corrected chi connectivity index (χ2v) is 4.91. The number of hydrogen-bond acceptors (Lipinski definition) is 6. The van der Waals surface area contributed by atoms with Gasteiger partial charge in [0.25, 0.3) is 0 Å². The molecular formula is C13H19N3O3. The summed E-state index contributed by atoms with van der Waals surface area (Å²) in [6.07, 6.45) is 8.07. The van der Waals surface area contributed by atoms with E-state index in [0.29, 0.717) is 5.82 Å². The number of ether oxygens (including phenoxy) is 1. The van der Waals surface area contributed by atoms with Crippen molar-refractivity contribution in [1.82, 2.24) is 9.97 Å². The topological polar surface area (TPSA) is 84.3 Å². The van der Waals surface area contributed by atoms with Crippen molar-refractivity contribution in [3.63, 3.8) is 0 Å². The second-order valence-electron chi connectivity index (χ2n) is 4.91. The lowest BCUT2D eigenvalue weighted by Crippen LogP contribution is -2.44. The molecule has 0 unspecified atom stereocenters. The van der Waals surface area contributed by atoms with Crippen LogP contribution in [0.15, 0.2) is 12.4 Å². The summed E-state index contributed by atoms with van der Waals surface area (Å²) >= 11 is 0. The van der Waals surface area contributed by atoms with Gasteiger partial charge in [0.2, 0.25) is 0 Å². The number of carbonyl (C=O) groups is 1. The van der Waals surface area contributed by atoms with Gasteiger partial charge in [-0.3, -0.25) is 4.98 Å². The molecule has 2 N–H and O–H groups in total. The molecule has 1 fully saturated rings. The molecule has 19 heavy (non-hydrogen) atoms. The van der Waals surface area contributed by atoms with Gasteiger partial charge in [-0.05, 0) is 12.8 Å². The van der Waals surface area contributed by atoms with E-state index in [1.54, 1.807) is 6.20 Å². The van der Waals surface area contributed by atoms with Crippen LogP contribution in [0.4, 0.5) is 5.82 Å². The number of methoxy groups -OCH3 is 1. The van der Waals surface area contributed by atoms with Gasteiger partial charge in [-0.2, -0.15) is 0 Å². The van der Waals surface area contributed by atoms with Crippen LogP contribution in [0.1, 0.15) is 42.6 Å². The number of hydrogen-bond donors (Lipinski definition) is 2. The summed E-state index contributed by atoms with van der Waals surface area (Å²) in [5, 5.41) is 12.9. The summed E-state index contributed by atoms with van der Waals surface area (Å²) in [4.78, 5) is 19.6. The van der Waals surface area contributed by atoms with Gasteiger partial charge >= 0.3 is 5.97 Å². The predicted octanol–water partition coefficient (Wildman–Crippen LogP) is 1.37. The summed E-state index contributed by atoms with van der Waals surface area (Å²) in [7, 11) is 1.31. The molecule has 1 aromatic rings. The van der Waals surface area contributed by atoms with E-state index in [2.05, 4.69) is 20.0 Å². The van der Waals surface area contributed by atoms with Crippen molar-refractivity contribution in [1.29, 1.82) is 0 Å². The van der Waals surface area contributed by atoms with Crippen molar-refractivity contribution < 1.29 is 14.6 Å². The number of esters is 1. The van der Waals surface area contributed by atoms with Gasteiger partial charge < -0.3 is 15.2 Å². The van der Waals surface area contributed by atoms with Crippen molar-refractivity contribution in [2.24, 2.45) is 0 Å². The van der Waals surface area contributed by atoms with Crippen molar-refractivity contribution >= 4 is 11.8 Å². The predicted molar refractivity (Wildman–Crippen MR) is 69.9 cm³/mol. The zero-order valence-corrected chi connectivity index (χ0v) is 11.1. The van der Waals surface area contributed by atoms with Crippen LogP contribution in [0.5, 0.6) is 0 Å². The SMILES string of the molecule is COC(=O)c1cncc(NC2(CO)CCCCC2)n1. The number of nitrogens with one attached hydrogen (secondary N) is 1. The minimum absolute atomic E-state index is 0.0527. The molecule has 0 amide bonds. The molecule has 0 aliphatic heterocycles. The molecule has 1 aromatic heterocycles. The summed E-state index contributed by atoms with van der Waals surface area (Å²) < 4.78 is 4.61. The van der Waals surface area contributed by atoms with Crippen molar-refractivity contribution in [3.8, 4) is 0 Å². The van der Waals surface area contributed by atoms with Crippen LogP contribution in [0.3, 0.4) is 0 Å². The third kappa shape index (κ3) is 3.20. The first-order chi connectivity index (χ1) is 9.19. The van der Waals surface area contributed by atoms with Crippen LogP contribution in [0, 0.1) is 0 Å². The van der Waals surface area contributed by atoms with Crippen LogP contribution in [-0.2, 0) is 4.74 Å². The van der Waals surface area contributed by atoms with Crippen LogP contribution in [0.25, 0.3) is 0 Å². The number of rotatable bonds is 4. The molecule has 0 saturated heterocycles. The number of aromatic nitrogens is 2. The minimum Gasteiger partial charge on any atom is -0.464 e. The first-order valence-corrected chi connectivity index (χ1v) is 6.48. The smallest absolute Gasteiger partial charge is 0.358 e. The lowest BCUT2D eigenvalue weighted by atomic mass is 9.82. The van der Waals surface area contributed by atoms with Crippen LogP contribution in [-0.4, -0.2) is 40.3 Å². The maximum Gasteiger partial charge on any atom is 0.358 e. The molecule has 0 bridgehead atoms. The van der Waals surface area contributed by atoms with E-state index in [4.69, 9.17) is 0 Å². The molecular weight excluding hydrogens is 246 g/mol. The average Bonchev–Trinajstić information content (AvgIpc) is 2.47. The Labute approximate surface area is 112 Å². The highest BCUT2D eigenvalue weighted by molar-refractivity contribution is 5.87. The number of anilines is 1. The zero-order chi connectivity index (χ0) is 13.7. The molecule has 0 aromatic carbocycles. The molecule has 1 saturated carbocycles. The van der Waals surface area contributed by atoms with Crippen LogP contribution >= 0.6 is 0 Å². The number of nitrogens with zero attached hydrogens (tertiary/aromatic N) is 2. The van der Waals surface area contributed by atoms with Crippen LogP contribution < -0.4 is 5.32 Å². The Morgan fingerprint density at radius 3 is 2.79 bits per heavy atom. The largest absolute Gasteiger partial charge is 0.464 e. The second kappa shape index (κ2) is 5.97. The van der Waals surface area contributed by atoms with E-state index >= 15 is 0 Å². The Morgan fingerprint density at radius 2 is 2.16 bits per heavy atom. The van der Waals surface area contributed by atoms with Gasteiger partial charge in [-0.25, -0.2) is 9.78 Å². The van der Waals surface area contributed by atoms with Gasteiger partial charge in [0.05, 0.1) is 31.6 Å². The molecule has 2 rings (SSSR count). The standard InChI is InChI=1S/C13H19N3O3/c1-19-12(18)10-7-14-8-11(15-10)16-13(9-17)5-3-2-4-6-13/h7-8,17H,2-6,9H2,1H3,(H,15,16). The van der Waals surface area contributed by atoms with Crippen molar-refractivity contribution in [2.45, 2.75) is 37.6 Å². The van der Waals surface area contributed by atoms with E-state index < -0.39 is 5.97 Å². The number of aliphatic hydroxyl groups excluding tert-OH is 1. The average molecular weight is 265 g/mol. The highest BCUT2D eigenvalue weighted by atomic mass is 16.5. The number of carbonyl (C=O) groups excluding carboxylic acids is 1. The van der Waals surface area contributed by atoms with E-state index in [1.807, 2.05) is 0 Å². The molecule has 1 aliphatic carbocycles. The summed E-state index contributed by atoms with van der Waals surface area (Å²) in [5.74, 6) is -0.0170. The molecule has 1 heterocycles. The molecule has 104 valence electrons. The Balaban J connectivity index is 2.15. The van der Waals surface area contributed by atoms with Crippen molar-refractivity contribution in [2.75, 3.05) is 19.0 Å². The maximum atomic E-state index is 11.4. The molecule has 6 heteroatoms. The summed E-state index contributed by atoms with van der Waals surface area (Å²) in [6, 6.07) is 0. The fraction of sp³-hybridized carbons (Fsp3) is 0.615. The highest BCUT2D eigenvalue weighted by Crippen LogP contribution is 2.30. The van der Waals surface area contributed by atoms with E-state index in [1.165, 1.54) is 19.7 Å². The first kappa shape index (κ1) is 13.7. The quantitative estimate of drug-likeness (QED) is 0.800. The Bertz CT molecular complexity index is 445. The Morgan fingerprint density at radius 1 is 1.42 bits per heavy atom. The van der Waals surface area contributed by atoms with Gasteiger partial charge in [0.1, 0.15) is 5.82 Å². The highest BCUT2D eigenvalue weighted by Gasteiger charge is 2.31. The monoisotopic (exact) mass is 265 g/mol. The Hall–Kier alpha value is -1.69. The lowest BCUT2D eigenvalue weighted by molar-refractivity contribution is 0.0593. The fourth-order valence-corrected chi connectivity index (χ4v) is 2.45. The van der Waals surface area contributed by atoms with E-state index in [-0.39, 0.29) is 17.8 Å². The molecule has 0 radical (unpaired) electrons. The minimum atomic E-state index is -0.516. The molecule has 0 spiro atoms. The van der Waals surface area contributed by atoms with Gasteiger partial charge in [-0.1, -0.05) is 19.3 Å². The van der Waals surface area contributed by atoms with Gasteiger partial charge in [0, 0.05) is 0 Å². The first-order valence-electron chi connectivity index (χ1n) is 6.48. The maximum absolute atomic E-state index is 11.4. The van der Waals surface area contributed by atoms with Crippen molar-refractivity contribution in [3.05, 3.63) is 18.1 Å². The number of aliphatic hydroxyl groups is 1. The third-order valence-electron chi connectivity index (χ3n) is 3.54. The van der Waals surface area contributed by atoms with Crippen LogP contribution in [0.2, 0.25) is 0 Å². The van der Waals surface area contributed by atoms with Gasteiger partial charge in [-0.15, -0.1) is 0 Å². The summed E-state index contributed by atoms with van der Waals surface area (Å²) in [5.41, 5.74) is -0.182. The molecule has 1 aliphatic rings. The van der Waals surface area contributed by atoms with E-state index in [0.717, 1.165) is 25.7 Å². The zero-order valence-electron chi connectivity index (χ0n) is 11.1. The lowest BCUT2D eigenvalue weighted by Gasteiger charge is -2.36. The normalized spacial score (nSPS) is 17.8. The third-order valence-corrected chi connectivity index (χ3v) is 3.54. The molecule has 6 nitrogen and oxygen atoms in total. The Kier molecular flexibility index (Phi) is 4.31. The van der Waals surface area contributed by atoms with Gasteiger partial charge in [0.15, 0.2) is 5.69 Å².